The molecule has 0 amide bonds. The molecule has 0 aliphatic carbocycles. The van der Waals surface area contributed by atoms with Gasteiger partial charge in [0.05, 0.1) is 11.9 Å². The molecule has 0 spiro atoms. The summed E-state index contributed by atoms with van der Waals surface area (Å²) < 4.78 is 0. The molecule has 2 atom stereocenters. The predicted octanol–water partition coefficient (Wildman–Crippen LogP) is 1.53. The van der Waals surface area contributed by atoms with Crippen molar-refractivity contribution in [3.63, 3.8) is 0 Å². The van der Waals surface area contributed by atoms with Crippen molar-refractivity contribution < 1.29 is 9.90 Å². The average molecular weight is 249 g/mol. The van der Waals surface area contributed by atoms with Crippen molar-refractivity contribution in [3.8, 4) is 0 Å². The number of hydrogen-bond acceptors (Lipinski definition) is 4. The summed E-state index contributed by atoms with van der Waals surface area (Å²) in [4.78, 5) is 16.9. The normalized spacial score (nSPS) is 24.8. The lowest BCUT2D eigenvalue weighted by atomic mass is 9.94. The molecule has 1 fully saturated rings. The first-order valence-electron chi connectivity index (χ1n) is 6.20. The quantitative estimate of drug-likeness (QED) is 0.850. The van der Waals surface area contributed by atoms with Gasteiger partial charge in [-0.3, -0.25) is 0 Å². The molecule has 0 bridgehead atoms. The minimum atomic E-state index is -0.991. The Labute approximate surface area is 107 Å². The highest BCUT2D eigenvalue weighted by atomic mass is 16.4. The fourth-order valence-electron chi connectivity index (χ4n) is 2.39. The second-order valence-electron chi connectivity index (χ2n) is 5.02. The summed E-state index contributed by atoms with van der Waals surface area (Å²) in [6.45, 7) is 4.40. The summed E-state index contributed by atoms with van der Waals surface area (Å²) in [7, 11) is 2.13. The van der Waals surface area contributed by atoms with E-state index in [0.717, 1.165) is 25.2 Å². The Bertz CT molecular complexity index is 419. The highest BCUT2D eigenvalue weighted by Gasteiger charge is 2.23. The van der Waals surface area contributed by atoms with Gasteiger partial charge in [-0.25, -0.2) is 9.78 Å². The van der Waals surface area contributed by atoms with Crippen LogP contribution in [-0.4, -0.2) is 47.1 Å². The Morgan fingerprint density at radius 2 is 2.33 bits per heavy atom. The third kappa shape index (κ3) is 2.98. The van der Waals surface area contributed by atoms with Gasteiger partial charge in [-0.1, -0.05) is 6.92 Å². The maximum atomic E-state index is 10.7. The van der Waals surface area contributed by atoms with Crippen LogP contribution in [0.5, 0.6) is 0 Å². The Balaban J connectivity index is 1.99. The van der Waals surface area contributed by atoms with E-state index >= 15 is 0 Å². The molecule has 2 unspecified atom stereocenters. The number of carboxylic acid groups (broad SMARTS) is 1. The van der Waals surface area contributed by atoms with E-state index in [9.17, 15) is 4.79 Å². The molecule has 0 aromatic carbocycles. The van der Waals surface area contributed by atoms with Crippen LogP contribution in [0.4, 0.5) is 5.69 Å². The van der Waals surface area contributed by atoms with Gasteiger partial charge in [-0.15, -0.1) is 0 Å². The lowest BCUT2D eigenvalue weighted by Crippen LogP contribution is -2.43. The zero-order valence-corrected chi connectivity index (χ0v) is 10.8. The highest BCUT2D eigenvalue weighted by Crippen LogP contribution is 2.20. The number of aromatic nitrogens is 1. The van der Waals surface area contributed by atoms with Gasteiger partial charge in [0.2, 0.25) is 0 Å². The van der Waals surface area contributed by atoms with E-state index in [1.807, 2.05) is 0 Å². The van der Waals surface area contributed by atoms with Crippen LogP contribution >= 0.6 is 0 Å². The molecule has 2 heterocycles. The third-order valence-corrected chi connectivity index (χ3v) is 3.44. The van der Waals surface area contributed by atoms with Crippen molar-refractivity contribution >= 4 is 11.7 Å². The molecule has 1 saturated heterocycles. The van der Waals surface area contributed by atoms with Crippen LogP contribution in [0.3, 0.4) is 0 Å². The number of rotatable bonds is 3. The second kappa shape index (κ2) is 5.35. The van der Waals surface area contributed by atoms with Gasteiger partial charge < -0.3 is 15.3 Å². The van der Waals surface area contributed by atoms with E-state index in [1.165, 1.54) is 6.07 Å². The number of carbonyl (C=O) groups is 1. The maximum absolute atomic E-state index is 10.7. The van der Waals surface area contributed by atoms with Gasteiger partial charge >= 0.3 is 5.97 Å². The Morgan fingerprint density at radius 1 is 1.56 bits per heavy atom. The molecule has 1 aromatic rings. The van der Waals surface area contributed by atoms with Crippen LogP contribution < -0.4 is 5.32 Å². The first-order valence-corrected chi connectivity index (χ1v) is 6.20. The van der Waals surface area contributed by atoms with Crippen LogP contribution in [0.25, 0.3) is 0 Å². The summed E-state index contributed by atoms with van der Waals surface area (Å²) in [6.07, 6.45) is 2.69. The van der Waals surface area contributed by atoms with Gasteiger partial charge in [0.15, 0.2) is 0 Å². The second-order valence-corrected chi connectivity index (χ2v) is 5.02. The molecule has 5 nitrogen and oxygen atoms in total. The molecular weight excluding hydrogens is 230 g/mol. The molecule has 1 aliphatic heterocycles. The van der Waals surface area contributed by atoms with Crippen molar-refractivity contribution in [2.24, 2.45) is 5.92 Å². The number of aromatic carboxylic acids is 1. The molecule has 18 heavy (non-hydrogen) atoms. The molecule has 0 saturated carbocycles. The molecule has 5 heteroatoms. The fourth-order valence-corrected chi connectivity index (χ4v) is 2.39. The molecule has 0 radical (unpaired) electrons. The fraction of sp³-hybridized carbons (Fsp3) is 0.538. The number of nitrogens with one attached hydrogen (secondary N) is 1. The van der Waals surface area contributed by atoms with Crippen LogP contribution in [0, 0.1) is 5.92 Å². The lowest BCUT2D eigenvalue weighted by Gasteiger charge is -2.35. The van der Waals surface area contributed by atoms with Crippen molar-refractivity contribution in [2.75, 3.05) is 25.5 Å². The van der Waals surface area contributed by atoms with Crippen molar-refractivity contribution in [1.29, 1.82) is 0 Å². The standard InChI is InChI=1S/C13H19N3O2/c1-9-8-16(2)6-5-11(9)15-10-3-4-12(13(17)18)14-7-10/h3-4,7,9,11,15H,5-6,8H2,1-2H3,(H,17,18). The summed E-state index contributed by atoms with van der Waals surface area (Å²) in [6, 6.07) is 3.74. The summed E-state index contributed by atoms with van der Waals surface area (Å²) in [5.41, 5.74) is 0.971. The van der Waals surface area contributed by atoms with Crippen molar-refractivity contribution in [1.82, 2.24) is 9.88 Å². The van der Waals surface area contributed by atoms with Gasteiger partial charge in [-0.05, 0) is 38.1 Å². The van der Waals surface area contributed by atoms with E-state index in [0.29, 0.717) is 12.0 Å². The minimum absolute atomic E-state index is 0.0805. The number of nitrogens with zero attached hydrogens (tertiary/aromatic N) is 2. The molecule has 1 aromatic heterocycles. The zero-order chi connectivity index (χ0) is 13.1. The Morgan fingerprint density at radius 3 is 2.89 bits per heavy atom. The molecule has 1 aliphatic rings. The zero-order valence-electron chi connectivity index (χ0n) is 10.8. The van der Waals surface area contributed by atoms with Crippen LogP contribution in [0.1, 0.15) is 23.8 Å². The number of carboxylic acids is 1. The number of hydrogen-bond donors (Lipinski definition) is 2. The monoisotopic (exact) mass is 249 g/mol. The molecule has 98 valence electrons. The van der Waals surface area contributed by atoms with E-state index in [2.05, 4.69) is 29.2 Å². The van der Waals surface area contributed by atoms with Crippen molar-refractivity contribution in [2.45, 2.75) is 19.4 Å². The summed E-state index contributed by atoms with van der Waals surface area (Å²) >= 11 is 0. The van der Waals surface area contributed by atoms with Gasteiger partial charge in [-0.2, -0.15) is 0 Å². The summed E-state index contributed by atoms with van der Waals surface area (Å²) in [5.74, 6) is -0.419. The molecular formula is C13H19N3O2. The largest absolute Gasteiger partial charge is 0.477 e. The molecule has 2 N–H and O–H groups in total. The maximum Gasteiger partial charge on any atom is 0.354 e. The third-order valence-electron chi connectivity index (χ3n) is 3.44. The van der Waals surface area contributed by atoms with Crippen molar-refractivity contribution in [3.05, 3.63) is 24.0 Å². The number of pyridine rings is 1. The topological polar surface area (TPSA) is 65.5 Å². The average Bonchev–Trinajstić information content (AvgIpc) is 2.33. The van der Waals surface area contributed by atoms with Gasteiger partial charge in [0.25, 0.3) is 0 Å². The van der Waals surface area contributed by atoms with Crippen LogP contribution in [0.15, 0.2) is 18.3 Å². The minimum Gasteiger partial charge on any atom is -0.477 e. The first-order chi connectivity index (χ1) is 8.56. The Hall–Kier alpha value is -1.62. The number of likely N-dealkylation sites (tertiary alicyclic amines) is 1. The van der Waals surface area contributed by atoms with E-state index in [4.69, 9.17) is 5.11 Å². The first kappa shape index (κ1) is 12.8. The van der Waals surface area contributed by atoms with E-state index in [1.54, 1.807) is 12.3 Å². The molecule has 2 rings (SSSR count). The Kier molecular flexibility index (Phi) is 3.81. The van der Waals surface area contributed by atoms with Crippen LogP contribution in [0.2, 0.25) is 0 Å². The highest BCUT2D eigenvalue weighted by molar-refractivity contribution is 5.85. The van der Waals surface area contributed by atoms with E-state index in [-0.39, 0.29) is 5.69 Å². The summed E-state index contributed by atoms with van der Waals surface area (Å²) in [5, 5.41) is 12.2. The van der Waals surface area contributed by atoms with Gasteiger partial charge in [0, 0.05) is 12.6 Å². The number of anilines is 1. The smallest absolute Gasteiger partial charge is 0.354 e. The number of piperidine rings is 1. The van der Waals surface area contributed by atoms with Gasteiger partial charge in [0.1, 0.15) is 5.69 Å². The van der Waals surface area contributed by atoms with E-state index < -0.39 is 5.97 Å². The van der Waals surface area contributed by atoms with Crippen LogP contribution in [-0.2, 0) is 0 Å². The predicted molar refractivity (Wildman–Crippen MR) is 69.9 cm³/mol. The lowest BCUT2D eigenvalue weighted by molar-refractivity contribution is 0.0690. The SMILES string of the molecule is CC1CN(C)CCC1Nc1ccc(C(=O)O)nc1.